The summed E-state index contributed by atoms with van der Waals surface area (Å²) in [5.74, 6) is -1.23. The Morgan fingerprint density at radius 3 is 2.34 bits per heavy atom. The van der Waals surface area contributed by atoms with Gasteiger partial charge in [0.15, 0.2) is 6.61 Å². The Balaban J connectivity index is 1.42. The monoisotopic (exact) mass is 471 g/mol. The third-order valence-corrected chi connectivity index (χ3v) is 5.10. The fourth-order valence-corrected chi connectivity index (χ4v) is 3.43. The maximum absolute atomic E-state index is 12.8. The molecule has 0 aliphatic carbocycles. The summed E-state index contributed by atoms with van der Waals surface area (Å²) >= 11 is 0. The smallest absolute Gasteiger partial charge is 0.339 e. The molecule has 4 rings (SSSR count). The van der Waals surface area contributed by atoms with Crippen LogP contribution in [0.4, 0.5) is 11.4 Å². The minimum Gasteiger partial charge on any atom is -0.497 e. The van der Waals surface area contributed by atoms with E-state index in [4.69, 9.17) is 9.47 Å². The molecule has 1 aromatic heterocycles. The zero-order valence-corrected chi connectivity index (χ0v) is 18.7. The second-order valence-electron chi connectivity index (χ2n) is 7.45. The number of hydrogen-bond donors (Lipinski definition) is 3. The molecule has 9 nitrogen and oxygen atoms in total. The van der Waals surface area contributed by atoms with Crippen molar-refractivity contribution in [3.05, 3.63) is 100 Å². The number of amides is 2. The molecule has 0 fully saturated rings. The Bertz CT molecular complexity index is 1460. The van der Waals surface area contributed by atoms with Crippen LogP contribution < -0.4 is 20.9 Å². The number of aromatic amines is 1. The van der Waals surface area contributed by atoms with Crippen LogP contribution in [-0.2, 0) is 9.53 Å². The molecule has 0 unspecified atom stereocenters. The number of para-hydroxylation sites is 2. The first-order chi connectivity index (χ1) is 16.9. The lowest BCUT2D eigenvalue weighted by Gasteiger charge is -2.12. The molecule has 0 spiro atoms. The Morgan fingerprint density at radius 1 is 0.857 bits per heavy atom. The van der Waals surface area contributed by atoms with E-state index in [1.54, 1.807) is 79.9 Å². The van der Waals surface area contributed by atoms with Gasteiger partial charge >= 0.3 is 5.97 Å². The van der Waals surface area contributed by atoms with Crippen LogP contribution in [0.1, 0.15) is 20.7 Å². The average molecular weight is 471 g/mol. The van der Waals surface area contributed by atoms with Crippen LogP contribution in [0.25, 0.3) is 10.9 Å². The molecule has 0 aliphatic rings. The fourth-order valence-electron chi connectivity index (χ4n) is 3.43. The van der Waals surface area contributed by atoms with E-state index in [-0.39, 0.29) is 16.8 Å². The van der Waals surface area contributed by atoms with Gasteiger partial charge in [0.1, 0.15) is 5.75 Å². The van der Waals surface area contributed by atoms with Crippen molar-refractivity contribution in [1.29, 1.82) is 0 Å². The van der Waals surface area contributed by atoms with Gasteiger partial charge in [-0.2, -0.15) is 0 Å². The number of nitrogens with one attached hydrogen (secondary N) is 3. The highest BCUT2D eigenvalue weighted by Gasteiger charge is 2.17. The van der Waals surface area contributed by atoms with E-state index in [1.165, 1.54) is 0 Å². The summed E-state index contributed by atoms with van der Waals surface area (Å²) in [5.41, 5.74) is 1.10. The van der Waals surface area contributed by atoms with Crippen molar-refractivity contribution in [2.45, 2.75) is 0 Å². The van der Waals surface area contributed by atoms with E-state index in [0.29, 0.717) is 22.3 Å². The van der Waals surface area contributed by atoms with E-state index >= 15 is 0 Å². The number of fused-ring (bicyclic) bond motifs is 1. The first kappa shape index (κ1) is 23.2. The third-order valence-electron chi connectivity index (χ3n) is 5.10. The molecule has 2 amide bonds. The van der Waals surface area contributed by atoms with Gasteiger partial charge in [-0.25, -0.2) is 4.79 Å². The zero-order valence-electron chi connectivity index (χ0n) is 18.7. The number of carbonyl (C=O) groups is 3. The lowest BCUT2D eigenvalue weighted by Crippen LogP contribution is -2.23. The summed E-state index contributed by atoms with van der Waals surface area (Å²) < 4.78 is 10.2. The van der Waals surface area contributed by atoms with Crippen molar-refractivity contribution in [2.24, 2.45) is 0 Å². The molecule has 0 bridgehead atoms. The number of rotatable bonds is 7. The van der Waals surface area contributed by atoms with Gasteiger partial charge in [0.25, 0.3) is 11.8 Å². The molecule has 35 heavy (non-hydrogen) atoms. The van der Waals surface area contributed by atoms with Crippen molar-refractivity contribution < 1.29 is 23.9 Å². The first-order valence-corrected chi connectivity index (χ1v) is 10.6. The maximum atomic E-state index is 12.8. The minimum absolute atomic E-state index is 0.0522. The Kier molecular flexibility index (Phi) is 6.87. The van der Waals surface area contributed by atoms with Gasteiger partial charge in [0.05, 0.1) is 23.9 Å². The number of ether oxygens (including phenoxy) is 2. The third kappa shape index (κ3) is 5.53. The maximum Gasteiger partial charge on any atom is 0.339 e. The number of H-pyrrole nitrogens is 1. The van der Waals surface area contributed by atoms with Crippen molar-refractivity contribution >= 4 is 40.1 Å². The number of methoxy groups -OCH3 is 1. The summed E-state index contributed by atoms with van der Waals surface area (Å²) in [6.45, 7) is -0.603. The summed E-state index contributed by atoms with van der Waals surface area (Å²) in [6.07, 6.45) is 0. The van der Waals surface area contributed by atoms with Crippen LogP contribution in [0.15, 0.2) is 83.7 Å². The average Bonchev–Trinajstić information content (AvgIpc) is 2.87. The SMILES string of the molecule is COc1ccc(NC(=O)c2ccccc2NC(=O)COC(=O)c2cc(=O)[nH]c3ccccc23)cc1. The second-order valence-corrected chi connectivity index (χ2v) is 7.45. The minimum atomic E-state index is -0.812. The quantitative estimate of drug-likeness (QED) is 0.354. The molecule has 0 radical (unpaired) electrons. The van der Waals surface area contributed by atoms with Crippen LogP contribution in [0, 0.1) is 0 Å². The van der Waals surface area contributed by atoms with Gasteiger partial charge in [0.2, 0.25) is 5.56 Å². The Labute approximate surface area is 199 Å². The normalized spacial score (nSPS) is 10.4. The number of aromatic nitrogens is 1. The molecular formula is C26H21N3O6. The number of hydrogen-bond acceptors (Lipinski definition) is 6. The van der Waals surface area contributed by atoms with Crippen LogP contribution in [-0.4, -0.2) is 36.5 Å². The number of carbonyl (C=O) groups excluding carboxylic acids is 3. The van der Waals surface area contributed by atoms with Gasteiger partial charge in [0, 0.05) is 22.7 Å². The first-order valence-electron chi connectivity index (χ1n) is 10.6. The Morgan fingerprint density at radius 2 is 1.57 bits per heavy atom. The fraction of sp³-hybridized carbons (Fsp3) is 0.0769. The standard InChI is InChI=1S/C26H21N3O6/c1-34-17-12-10-16(11-13-17)27-25(32)19-7-3-5-9-22(19)29-24(31)15-35-26(33)20-14-23(30)28-21-8-4-2-6-18(20)21/h2-14H,15H2,1H3,(H,27,32)(H,28,30)(H,29,31). The summed E-state index contributed by atoms with van der Waals surface area (Å²) in [6, 6.07) is 21.1. The van der Waals surface area contributed by atoms with Gasteiger partial charge in [-0.3, -0.25) is 14.4 Å². The van der Waals surface area contributed by atoms with Gasteiger partial charge in [-0.1, -0.05) is 30.3 Å². The van der Waals surface area contributed by atoms with Crippen LogP contribution >= 0.6 is 0 Å². The van der Waals surface area contributed by atoms with Gasteiger partial charge < -0.3 is 25.1 Å². The molecule has 3 N–H and O–H groups in total. The van der Waals surface area contributed by atoms with Gasteiger partial charge in [-0.05, 0) is 42.5 Å². The van der Waals surface area contributed by atoms with Gasteiger partial charge in [-0.15, -0.1) is 0 Å². The molecule has 176 valence electrons. The molecule has 9 heteroatoms. The summed E-state index contributed by atoms with van der Waals surface area (Å²) in [5, 5.41) is 5.84. The highest BCUT2D eigenvalue weighted by molar-refractivity contribution is 6.10. The largest absolute Gasteiger partial charge is 0.497 e. The summed E-state index contributed by atoms with van der Waals surface area (Å²) in [4.78, 5) is 52.3. The topological polar surface area (TPSA) is 127 Å². The van der Waals surface area contributed by atoms with Crippen molar-refractivity contribution in [3.8, 4) is 5.75 Å². The molecule has 0 saturated carbocycles. The lowest BCUT2D eigenvalue weighted by molar-refractivity contribution is -0.119. The van der Waals surface area contributed by atoms with E-state index in [9.17, 15) is 19.2 Å². The Hall–Kier alpha value is -4.92. The second kappa shape index (κ2) is 10.3. The molecule has 0 atom stereocenters. The molecule has 0 saturated heterocycles. The van der Waals surface area contributed by atoms with E-state index in [0.717, 1.165) is 6.07 Å². The summed E-state index contributed by atoms with van der Waals surface area (Å²) in [7, 11) is 1.55. The lowest BCUT2D eigenvalue weighted by atomic mass is 10.1. The molecular weight excluding hydrogens is 450 g/mol. The molecule has 3 aromatic carbocycles. The van der Waals surface area contributed by atoms with E-state index in [2.05, 4.69) is 15.6 Å². The van der Waals surface area contributed by atoms with Crippen LogP contribution in [0.3, 0.4) is 0 Å². The predicted molar refractivity (Wildman–Crippen MR) is 131 cm³/mol. The number of esters is 1. The van der Waals surface area contributed by atoms with Crippen LogP contribution in [0.2, 0.25) is 0 Å². The molecule has 1 heterocycles. The highest BCUT2D eigenvalue weighted by atomic mass is 16.5. The van der Waals surface area contributed by atoms with E-state index in [1.807, 2.05) is 0 Å². The van der Waals surface area contributed by atoms with Crippen LogP contribution in [0.5, 0.6) is 5.75 Å². The predicted octanol–water partition coefficient (Wildman–Crippen LogP) is 3.58. The van der Waals surface area contributed by atoms with E-state index < -0.39 is 29.9 Å². The van der Waals surface area contributed by atoms with Crippen molar-refractivity contribution in [3.63, 3.8) is 0 Å². The highest BCUT2D eigenvalue weighted by Crippen LogP contribution is 2.20. The zero-order chi connectivity index (χ0) is 24.8. The number of benzene rings is 3. The number of anilines is 2. The van der Waals surface area contributed by atoms with Crippen molar-refractivity contribution in [1.82, 2.24) is 4.98 Å². The number of pyridine rings is 1. The molecule has 0 aliphatic heterocycles. The molecule has 4 aromatic rings. The van der Waals surface area contributed by atoms with Crippen molar-refractivity contribution in [2.75, 3.05) is 24.4 Å².